The Kier molecular flexibility index (Phi) is 5.51. The first-order valence-electron chi connectivity index (χ1n) is 12.7. The number of carbonyl (C=O) groups excluding carboxylic acids is 3. The first-order valence-corrected chi connectivity index (χ1v) is 12.7. The van der Waals surface area contributed by atoms with E-state index in [1.165, 1.54) is 0 Å². The van der Waals surface area contributed by atoms with Gasteiger partial charge in [0.25, 0.3) is 11.8 Å². The zero-order chi connectivity index (χ0) is 25.7. The highest BCUT2D eigenvalue weighted by Crippen LogP contribution is 2.36. The molecule has 1 fully saturated rings. The first kappa shape index (κ1) is 23.3. The van der Waals surface area contributed by atoms with E-state index in [4.69, 9.17) is 4.74 Å². The molecule has 1 aromatic heterocycles. The number of ether oxygens (including phenoxy) is 1. The third kappa shape index (κ3) is 4.24. The third-order valence-corrected chi connectivity index (χ3v) is 7.24. The van der Waals surface area contributed by atoms with E-state index in [1.807, 2.05) is 56.3 Å². The smallest absolute Gasteiger partial charge is 0.276 e. The number of piperidine rings is 1. The highest BCUT2D eigenvalue weighted by Gasteiger charge is 2.33. The molecule has 0 bridgehead atoms. The number of anilines is 3. The Balaban J connectivity index is 1.17. The van der Waals surface area contributed by atoms with E-state index in [-0.39, 0.29) is 29.0 Å². The van der Waals surface area contributed by atoms with Crippen molar-refractivity contribution in [1.82, 2.24) is 10.2 Å². The van der Waals surface area contributed by atoms with Gasteiger partial charge in [-0.15, -0.1) is 0 Å². The van der Waals surface area contributed by atoms with Gasteiger partial charge in [-0.1, -0.05) is 0 Å². The fourth-order valence-corrected chi connectivity index (χ4v) is 5.45. The molecular formula is C28H29N5O4. The maximum atomic E-state index is 13.3. The van der Waals surface area contributed by atoms with Crippen molar-refractivity contribution in [2.45, 2.75) is 51.6 Å². The van der Waals surface area contributed by atoms with Crippen LogP contribution in [0.4, 0.5) is 17.1 Å². The number of amides is 3. The molecule has 1 saturated heterocycles. The van der Waals surface area contributed by atoms with Gasteiger partial charge in [0.1, 0.15) is 17.0 Å². The molecule has 3 amide bonds. The first-order chi connectivity index (χ1) is 17.8. The van der Waals surface area contributed by atoms with Crippen LogP contribution in [0.5, 0.6) is 5.75 Å². The maximum Gasteiger partial charge on any atom is 0.276 e. The van der Waals surface area contributed by atoms with E-state index < -0.39 is 0 Å². The van der Waals surface area contributed by atoms with Crippen molar-refractivity contribution in [3.8, 4) is 5.75 Å². The van der Waals surface area contributed by atoms with Crippen LogP contribution in [-0.2, 0) is 17.6 Å². The molecular weight excluding hydrogens is 470 g/mol. The lowest BCUT2D eigenvalue weighted by atomic mass is 10.0. The van der Waals surface area contributed by atoms with E-state index in [0.717, 1.165) is 48.5 Å². The maximum absolute atomic E-state index is 13.3. The number of aromatic nitrogens is 2. The molecule has 3 aliphatic rings. The Morgan fingerprint density at radius 1 is 1.00 bits per heavy atom. The number of aromatic amines is 1. The van der Waals surface area contributed by atoms with Crippen molar-refractivity contribution in [3.05, 3.63) is 65.0 Å². The van der Waals surface area contributed by atoms with Gasteiger partial charge in [0.05, 0.1) is 0 Å². The van der Waals surface area contributed by atoms with Gasteiger partial charge in [0, 0.05) is 54.1 Å². The van der Waals surface area contributed by atoms with Crippen molar-refractivity contribution >= 4 is 34.8 Å². The van der Waals surface area contributed by atoms with Crippen LogP contribution in [-0.4, -0.2) is 46.6 Å². The number of fused-ring (bicyclic) bond motifs is 2. The monoisotopic (exact) mass is 499 g/mol. The molecule has 0 atom stereocenters. The van der Waals surface area contributed by atoms with Crippen LogP contribution >= 0.6 is 0 Å². The van der Waals surface area contributed by atoms with Crippen LogP contribution in [0.3, 0.4) is 0 Å². The van der Waals surface area contributed by atoms with Gasteiger partial charge in [0.2, 0.25) is 5.91 Å². The summed E-state index contributed by atoms with van der Waals surface area (Å²) < 4.78 is 5.91. The van der Waals surface area contributed by atoms with Gasteiger partial charge in [-0.3, -0.25) is 19.5 Å². The van der Waals surface area contributed by atoms with Gasteiger partial charge in [0.15, 0.2) is 5.69 Å². The highest BCUT2D eigenvalue weighted by molar-refractivity contribution is 6.11. The van der Waals surface area contributed by atoms with Gasteiger partial charge in [-0.2, -0.15) is 5.10 Å². The molecule has 37 heavy (non-hydrogen) atoms. The van der Waals surface area contributed by atoms with E-state index in [0.29, 0.717) is 36.3 Å². The average Bonchev–Trinajstić information content (AvgIpc) is 3.44. The number of H-pyrrole nitrogens is 1. The molecule has 190 valence electrons. The third-order valence-electron chi connectivity index (χ3n) is 7.24. The summed E-state index contributed by atoms with van der Waals surface area (Å²) in [5, 5.41) is 9.90. The lowest BCUT2D eigenvalue weighted by Gasteiger charge is -2.29. The van der Waals surface area contributed by atoms with Crippen LogP contribution in [0.1, 0.15) is 65.2 Å². The summed E-state index contributed by atoms with van der Waals surface area (Å²) in [5.41, 5.74) is 4.23. The molecule has 0 aliphatic carbocycles. The van der Waals surface area contributed by atoms with Gasteiger partial charge >= 0.3 is 0 Å². The molecule has 0 spiro atoms. The van der Waals surface area contributed by atoms with Crippen LogP contribution < -0.4 is 19.9 Å². The van der Waals surface area contributed by atoms with Crippen molar-refractivity contribution in [3.63, 3.8) is 0 Å². The topological polar surface area (TPSA) is 108 Å². The number of nitrogens with zero attached hydrogens (tertiary/aromatic N) is 3. The Bertz CT molecular complexity index is 1410. The summed E-state index contributed by atoms with van der Waals surface area (Å²) in [6.07, 6.45) is 3.77. The molecule has 3 aromatic rings. The second-order valence-corrected chi connectivity index (χ2v) is 10.5. The number of benzene rings is 2. The molecule has 2 N–H and O–H groups in total. The molecule has 0 saturated carbocycles. The molecule has 0 unspecified atom stereocenters. The summed E-state index contributed by atoms with van der Waals surface area (Å²) in [6, 6.07) is 13.1. The normalized spacial score (nSPS) is 18.3. The SMILES string of the molecule is CC1(C)Cc2cc(NC(=O)c3n[nH]c4c3CCN(c3ccc(N5CCCCC5=O)cc3)C4=O)ccc2O1. The zero-order valence-electron chi connectivity index (χ0n) is 21.0. The molecule has 9 nitrogen and oxygen atoms in total. The van der Waals surface area contributed by atoms with Gasteiger partial charge in [-0.05, 0) is 75.6 Å². The zero-order valence-corrected chi connectivity index (χ0v) is 21.0. The van der Waals surface area contributed by atoms with E-state index in [1.54, 1.807) is 9.80 Å². The fraction of sp³-hybridized carbons (Fsp3) is 0.357. The molecule has 6 rings (SSSR count). The Morgan fingerprint density at radius 3 is 2.51 bits per heavy atom. The molecule has 3 aliphatic heterocycles. The highest BCUT2D eigenvalue weighted by atomic mass is 16.5. The number of rotatable bonds is 4. The van der Waals surface area contributed by atoms with Crippen molar-refractivity contribution < 1.29 is 19.1 Å². The fourth-order valence-electron chi connectivity index (χ4n) is 5.45. The summed E-state index contributed by atoms with van der Waals surface area (Å²) in [4.78, 5) is 42.1. The largest absolute Gasteiger partial charge is 0.487 e. The number of hydrogen-bond donors (Lipinski definition) is 2. The summed E-state index contributed by atoms with van der Waals surface area (Å²) in [5.74, 6) is 0.387. The van der Waals surface area contributed by atoms with Crippen LogP contribution in [0.15, 0.2) is 42.5 Å². The van der Waals surface area contributed by atoms with Crippen LogP contribution in [0.25, 0.3) is 0 Å². The lowest BCUT2D eigenvalue weighted by molar-refractivity contribution is -0.119. The number of hydrogen-bond acceptors (Lipinski definition) is 5. The minimum Gasteiger partial charge on any atom is -0.487 e. The quantitative estimate of drug-likeness (QED) is 0.562. The molecule has 0 radical (unpaired) electrons. The number of carbonyl (C=O) groups is 3. The summed E-state index contributed by atoms with van der Waals surface area (Å²) in [6.45, 7) is 5.22. The Labute approximate surface area is 214 Å². The summed E-state index contributed by atoms with van der Waals surface area (Å²) in [7, 11) is 0. The number of nitrogens with one attached hydrogen (secondary N) is 2. The van der Waals surface area contributed by atoms with E-state index in [9.17, 15) is 14.4 Å². The van der Waals surface area contributed by atoms with Gasteiger partial charge < -0.3 is 19.9 Å². The second kappa shape index (κ2) is 8.76. The van der Waals surface area contributed by atoms with Crippen molar-refractivity contribution in [2.75, 3.05) is 28.2 Å². The molecule has 9 heteroatoms. The predicted octanol–water partition coefficient (Wildman–Crippen LogP) is 4.10. The van der Waals surface area contributed by atoms with E-state index in [2.05, 4.69) is 15.5 Å². The summed E-state index contributed by atoms with van der Waals surface area (Å²) >= 11 is 0. The molecule has 2 aromatic carbocycles. The Morgan fingerprint density at radius 2 is 1.76 bits per heavy atom. The second-order valence-electron chi connectivity index (χ2n) is 10.5. The standard InChI is InChI=1S/C28H29N5O4/c1-28(2)16-17-15-18(6-11-22(17)37-28)29-26(35)24-21-12-14-33(27(36)25(21)31-30-24)20-9-7-19(8-10-20)32-13-4-3-5-23(32)34/h6-11,15H,3-5,12-14,16H2,1-2H3,(H,29,35)(H,30,31). The van der Waals surface area contributed by atoms with Crippen molar-refractivity contribution in [2.24, 2.45) is 0 Å². The van der Waals surface area contributed by atoms with Crippen molar-refractivity contribution in [1.29, 1.82) is 0 Å². The molecule has 4 heterocycles. The van der Waals surface area contributed by atoms with E-state index >= 15 is 0 Å². The lowest BCUT2D eigenvalue weighted by Crippen LogP contribution is -2.38. The van der Waals surface area contributed by atoms with Gasteiger partial charge in [-0.25, -0.2) is 0 Å². The Hall–Kier alpha value is -4.14. The van der Waals surface area contributed by atoms with Crippen LogP contribution in [0.2, 0.25) is 0 Å². The van der Waals surface area contributed by atoms with Crippen LogP contribution in [0, 0.1) is 0 Å². The minimum absolute atomic E-state index is 0.137. The predicted molar refractivity (Wildman–Crippen MR) is 139 cm³/mol. The average molecular weight is 500 g/mol. The minimum atomic E-state index is -0.354.